The maximum atomic E-state index is 11.8. The summed E-state index contributed by atoms with van der Waals surface area (Å²) in [6.07, 6.45) is -4.01. The molecule has 0 radical (unpaired) electrons. The quantitative estimate of drug-likeness (QED) is 0.117. The third-order valence-corrected chi connectivity index (χ3v) is 9.63. The minimum absolute atomic E-state index is 0.0775. The standard InChI is InChI=1S/C45H42O6/c46-40(31-50-44(34-19-7-1-8-20-34,35-21-9-2-10-22-35)36-23-11-3-12-24-36)42-43(49-33-48-42)41(47)32-51-45(37-25-13-4-14-26-37,38-27-15-5-16-28-38)39-29-17-6-18-30-39/h1-30,40-43,46-47H,31-33H2. The molecule has 0 saturated carbocycles. The zero-order chi connectivity index (χ0) is 34.9. The van der Waals surface area contributed by atoms with Gasteiger partial charge in [-0.3, -0.25) is 0 Å². The molecule has 258 valence electrons. The number of rotatable bonds is 14. The van der Waals surface area contributed by atoms with Crippen molar-refractivity contribution in [2.45, 2.75) is 35.6 Å². The van der Waals surface area contributed by atoms with Gasteiger partial charge in [0, 0.05) is 0 Å². The second kappa shape index (κ2) is 16.0. The molecule has 2 N–H and O–H groups in total. The highest BCUT2D eigenvalue weighted by atomic mass is 16.7. The largest absolute Gasteiger partial charge is 0.388 e. The Kier molecular flexibility index (Phi) is 10.8. The molecular formula is C45H42O6. The molecule has 0 spiro atoms. The molecule has 1 aliphatic heterocycles. The molecule has 1 saturated heterocycles. The molecule has 0 bridgehead atoms. The van der Waals surface area contributed by atoms with E-state index in [4.69, 9.17) is 18.9 Å². The molecule has 1 heterocycles. The Labute approximate surface area is 299 Å². The smallest absolute Gasteiger partial charge is 0.148 e. The van der Waals surface area contributed by atoms with Crippen molar-refractivity contribution >= 4 is 0 Å². The first-order valence-electron chi connectivity index (χ1n) is 17.3. The van der Waals surface area contributed by atoms with Crippen molar-refractivity contribution in [3.05, 3.63) is 215 Å². The van der Waals surface area contributed by atoms with Crippen molar-refractivity contribution < 1.29 is 29.2 Å². The van der Waals surface area contributed by atoms with Crippen LogP contribution in [0.25, 0.3) is 0 Å². The van der Waals surface area contributed by atoms with Crippen LogP contribution >= 0.6 is 0 Å². The average molecular weight is 679 g/mol. The monoisotopic (exact) mass is 678 g/mol. The Morgan fingerprint density at radius 2 is 0.627 bits per heavy atom. The minimum atomic E-state index is -1.13. The van der Waals surface area contributed by atoms with Crippen molar-refractivity contribution in [2.24, 2.45) is 0 Å². The van der Waals surface area contributed by atoms with Crippen LogP contribution in [-0.2, 0) is 30.1 Å². The lowest BCUT2D eigenvalue weighted by Gasteiger charge is -2.38. The van der Waals surface area contributed by atoms with E-state index in [1.165, 1.54) is 0 Å². The number of aliphatic hydroxyl groups is 2. The lowest BCUT2D eigenvalue weighted by Crippen LogP contribution is -2.48. The van der Waals surface area contributed by atoms with Gasteiger partial charge in [-0.2, -0.15) is 0 Å². The van der Waals surface area contributed by atoms with E-state index in [9.17, 15) is 10.2 Å². The Bertz CT molecular complexity index is 1570. The molecule has 1 aliphatic rings. The normalized spacial score (nSPS) is 17.5. The van der Waals surface area contributed by atoms with Crippen LogP contribution in [0.15, 0.2) is 182 Å². The lowest BCUT2D eigenvalue weighted by molar-refractivity contribution is -0.112. The van der Waals surface area contributed by atoms with Crippen LogP contribution in [-0.4, -0.2) is 54.6 Å². The maximum Gasteiger partial charge on any atom is 0.148 e. The van der Waals surface area contributed by atoms with Crippen molar-refractivity contribution in [1.29, 1.82) is 0 Å². The molecule has 4 unspecified atom stereocenters. The summed E-state index contributed by atoms with van der Waals surface area (Å²) >= 11 is 0. The first-order chi connectivity index (χ1) is 25.1. The van der Waals surface area contributed by atoms with E-state index in [1.54, 1.807) is 0 Å². The predicted molar refractivity (Wildman–Crippen MR) is 197 cm³/mol. The fourth-order valence-electron chi connectivity index (χ4n) is 7.19. The van der Waals surface area contributed by atoms with Gasteiger partial charge >= 0.3 is 0 Å². The van der Waals surface area contributed by atoms with Gasteiger partial charge < -0.3 is 29.2 Å². The number of hydrogen-bond acceptors (Lipinski definition) is 6. The number of aliphatic hydroxyl groups excluding tert-OH is 2. The molecule has 6 aromatic carbocycles. The van der Waals surface area contributed by atoms with E-state index < -0.39 is 35.6 Å². The first-order valence-corrected chi connectivity index (χ1v) is 17.3. The van der Waals surface area contributed by atoms with Gasteiger partial charge in [-0.1, -0.05) is 182 Å². The van der Waals surface area contributed by atoms with Gasteiger partial charge in [-0.05, 0) is 33.4 Å². The summed E-state index contributed by atoms with van der Waals surface area (Å²) in [4.78, 5) is 0. The Hall–Kier alpha value is -4.92. The van der Waals surface area contributed by atoms with E-state index in [1.807, 2.05) is 182 Å². The van der Waals surface area contributed by atoms with Crippen LogP contribution in [0, 0.1) is 0 Å². The molecule has 4 atom stereocenters. The highest BCUT2D eigenvalue weighted by Gasteiger charge is 2.45. The van der Waals surface area contributed by atoms with Crippen LogP contribution in [0.4, 0.5) is 0 Å². The molecule has 0 amide bonds. The SMILES string of the molecule is OC(COC(c1ccccc1)(c1ccccc1)c1ccccc1)C1OCOC1C(O)COC(c1ccccc1)(c1ccccc1)c1ccccc1. The Morgan fingerprint density at radius 1 is 0.412 bits per heavy atom. The van der Waals surface area contributed by atoms with Gasteiger partial charge in [0.05, 0.1) is 13.2 Å². The average Bonchev–Trinajstić information content (AvgIpc) is 3.72. The van der Waals surface area contributed by atoms with E-state index in [2.05, 4.69) is 0 Å². The fourth-order valence-corrected chi connectivity index (χ4v) is 7.19. The minimum Gasteiger partial charge on any atom is -0.388 e. The summed E-state index contributed by atoms with van der Waals surface area (Å²) in [5.41, 5.74) is 3.46. The van der Waals surface area contributed by atoms with E-state index in [-0.39, 0.29) is 20.0 Å². The fraction of sp³-hybridized carbons (Fsp3) is 0.200. The van der Waals surface area contributed by atoms with Crippen molar-refractivity contribution in [2.75, 3.05) is 20.0 Å². The summed E-state index contributed by atoms with van der Waals surface area (Å²) in [5.74, 6) is 0. The molecule has 0 aromatic heterocycles. The zero-order valence-electron chi connectivity index (χ0n) is 28.3. The van der Waals surface area contributed by atoms with Crippen LogP contribution in [0.2, 0.25) is 0 Å². The Balaban J connectivity index is 1.16. The molecule has 51 heavy (non-hydrogen) atoms. The van der Waals surface area contributed by atoms with Gasteiger partial charge in [0.25, 0.3) is 0 Å². The van der Waals surface area contributed by atoms with Crippen LogP contribution in [0.3, 0.4) is 0 Å². The second-order valence-corrected chi connectivity index (χ2v) is 12.7. The zero-order valence-corrected chi connectivity index (χ0v) is 28.3. The van der Waals surface area contributed by atoms with Crippen LogP contribution in [0.5, 0.6) is 0 Å². The van der Waals surface area contributed by atoms with Crippen molar-refractivity contribution in [3.63, 3.8) is 0 Å². The number of hydrogen-bond donors (Lipinski definition) is 2. The molecule has 6 heteroatoms. The van der Waals surface area contributed by atoms with Gasteiger partial charge in [0.1, 0.15) is 42.4 Å². The topological polar surface area (TPSA) is 77.4 Å². The predicted octanol–water partition coefficient (Wildman–Crippen LogP) is 7.47. The summed E-state index contributed by atoms with van der Waals surface area (Å²) < 4.78 is 25.7. The first kappa shape index (κ1) is 34.5. The van der Waals surface area contributed by atoms with E-state index >= 15 is 0 Å². The lowest BCUT2D eigenvalue weighted by atomic mass is 9.80. The molecule has 6 nitrogen and oxygen atoms in total. The third-order valence-electron chi connectivity index (χ3n) is 9.63. The summed E-state index contributed by atoms with van der Waals surface area (Å²) in [6.45, 7) is -0.274. The van der Waals surface area contributed by atoms with Crippen LogP contribution in [0.1, 0.15) is 33.4 Å². The van der Waals surface area contributed by atoms with E-state index in [0.29, 0.717) is 0 Å². The van der Waals surface area contributed by atoms with Gasteiger partial charge in [-0.15, -0.1) is 0 Å². The van der Waals surface area contributed by atoms with Gasteiger partial charge in [-0.25, -0.2) is 0 Å². The molecular weight excluding hydrogens is 636 g/mol. The highest BCUT2D eigenvalue weighted by Crippen LogP contribution is 2.42. The summed E-state index contributed by atoms with van der Waals surface area (Å²) in [6, 6.07) is 60.0. The molecule has 6 aromatic rings. The van der Waals surface area contributed by atoms with Gasteiger partial charge in [0.2, 0.25) is 0 Å². The summed E-state index contributed by atoms with van der Waals surface area (Å²) in [5, 5.41) is 23.5. The highest BCUT2D eigenvalue weighted by molar-refractivity contribution is 5.49. The number of benzene rings is 6. The van der Waals surface area contributed by atoms with Gasteiger partial charge in [0.15, 0.2) is 0 Å². The Morgan fingerprint density at radius 3 is 0.843 bits per heavy atom. The van der Waals surface area contributed by atoms with Crippen molar-refractivity contribution in [1.82, 2.24) is 0 Å². The summed E-state index contributed by atoms with van der Waals surface area (Å²) in [7, 11) is 0. The molecule has 1 fully saturated rings. The molecule has 0 aliphatic carbocycles. The van der Waals surface area contributed by atoms with Crippen LogP contribution < -0.4 is 0 Å². The van der Waals surface area contributed by atoms with E-state index in [0.717, 1.165) is 33.4 Å². The number of ether oxygens (including phenoxy) is 4. The van der Waals surface area contributed by atoms with Crippen molar-refractivity contribution in [3.8, 4) is 0 Å². The maximum absolute atomic E-state index is 11.8. The molecule has 7 rings (SSSR count). The third kappa shape index (κ3) is 7.03. The second-order valence-electron chi connectivity index (χ2n) is 12.7.